The summed E-state index contributed by atoms with van der Waals surface area (Å²) in [5.41, 5.74) is 1.18. The molecule has 1 aliphatic carbocycles. The Morgan fingerprint density at radius 2 is 1.96 bits per heavy atom. The van der Waals surface area contributed by atoms with Crippen molar-refractivity contribution in [3.63, 3.8) is 0 Å². The van der Waals surface area contributed by atoms with Crippen LogP contribution < -0.4 is 15.4 Å². The summed E-state index contributed by atoms with van der Waals surface area (Å²) in [6.07, 6.45) is 0.993. The molecule has 1 heterocycles. The van der Waals surface area contributed by atoms with E-state index in [1.165, 1.54) is 5.56 Å². The molecule has 2 N–H and O–H groups in total. The molecule has 0 spiro atoms. The van der Waals surface area contributed by atoms with Gasteiger partial charge in [-0.3, -0.25) is 4.90 Å². The monoisotopic (exact) mass is 347 g/mol. The summed E-state index contributed by atoms with van der Waals surface area (Å²) in [6.45, 7) is 8.31. The fourth-order valence-corrected chi connectivity index (χ4v) is 3.37. The van der Waals surface area contributed by atoms with Gasteiger partial charge in [-0.05, 0) is 38.0 Å². The second-order valence-electron chi connectivity index (χ2n) is 7.46. The molecule has 1 saturated carbocycles. The zero-order valence-corrected chi connectivity index (χ0v) is 15.4. The molecule has 0 aromatic heterocycles. The molecule has 6 nitrogen and oxygen atoms in total. The number of rotatable bonds is 6. The van der Waals surface area contributed by atoms with Gasteiger partial charge in [0, 0.05) is 37.1 Å². The molecule has 0 bridgehead atoms. The lowest BCUT2D eigenvalue weighted by Crippen LogP contribution is -2.56. The highest BCUT2D eigenvalue weighted by Gasteiger charge is 2.39. The van der Waals surface area contributed by atoms with Crippen LogP contribution in [0.15, 0.2) is 24.3 Å². The predicted octanol–water partition coefficient (Wildman–Crippen LogP) is 1.96. The molecule has 1 aliphatic heterocycles. The Kier molecular flexibility index (Phi) is 5.49. The van der Waals surface area contributed by atoms with Gasteiger partial charge in [-0.25, -0.2) is 4.79 Å². The number of benzene rings is 1. The molecule has 1 aromatic rings. The van der Waals surface area contributed by atoms with Crippen LogP contribution in [0, 0.1) is 0 Å². The number of nitrogens with zero attached hydrogens (tertiary/aromatic N) is 1. The zero-order chi connectivity index (χ0) is 17.9. The molecule has 25 heavy (non-hydrogen) atoms. The van der Waals surface area contributed by atoms with Crippen molar-refractivity contribution >= 4 is 6.03 Å². The van der Waals surface area contributed by atoms with Crippen molar-refractivity contribution in [2.75, 3.05) is 40.0 Å². The van der Waals surface area contributed by atoms with Crippen LogP contribution in [0.1, 0.15) is 31.7 Å². The number of hydrogen-bond donors (Lipinski definition) is 2. The fraction of sp³-hybridized carbons (Fsp3) is 0.632. The summed E-state index contributed by atoms with van der Waals surface area (Å²) in [4.78, 5) is 14.6. The van der Waals surface area contributed by atoms with E-state index in [1.807, 2.05) is 12.1 Å². The lowest BCUT2D eigenvalue weighted by molar-refractivity contribution is -0.00874. The fourth-order valence-electron chi connectivity index (χ4n) is 3.37. The number of nitrogens with one attached hydrogen (secondary N) is 2. The van der Waals surface area contributed by atoms with E-state index in [-0.39, 0.29) is 17.6 Å². The standard InChI is InChI=1S/C19H29N3O3/c1-19(2,22-8-10-25-11-9-22)13-20-18(23)21-17-12-16(17)14-4-6-15(24-3)7-5-14/h4-7,16-17H,8-13H2,1-3H3,(H2,20,21,23). The minimum absolute atomic E-state index is 0.0694. The highest BCUT2D eigenvalue weighted by Crippen LogP contribution is 2.41. The highest BCUT2D eigenvalue weighted by atomic mass is 16.5. The molecule has 2 fully saturated rings. The van der Waals surface area contributed by atoms with Gasteiger partial charge >= 0.3 is 6.03 Å². The van der Waals surface area contributed by atoms with E-state index in [4.69, 9.17) is 9.47 Å². The summed E-state index contributed by atoms with van der Waals surface area (Å²) in [7, 11) is 1.67. The molecule has 138 valence electrons. The van der Waals surface area contributed by atoms with Crippen LogP contribution >= 0.6 is 0 Å². The van der Waals surface area contributed by atoms with Gasteiger partial charge in [-0.15, -0.1) is 0 Å². The topological polar surface area (TPSA) is 62.8 Å². The van der Waals surface area contributed by atoms with Gasteiger partial charge in [0.15, 0.2) is 0 Å². The Labute approximate surface area is 149 Å². The van der Waals surface area contributed by atoms with E-state index in [9.17, 15) is 4.79 Å². The Balaban J connectivity index is 1.42. The summed E-state index contributed by atoms with van der Waals surface area (Å²) in [5, 5.41) is 6.11. The number of methoxy groups -OCH3 is 1. The van der Waals surface area contributed by atoms with E-state index in [0.717, 1.165) is 38.5 Å². The average molecular weight is 347 g/mol. The number of hydrogen-bond acceptors (Lipinski definition) is 4. The minimum Gasteiger partial charge on any atom is -0.497 e. The molecule has 0 radical (unpaired) electrons. The molecule has 6 heteroatoms. The quantitative estimate of drug-likeness (QED) is 0.826. The Bertz CT molecular complexity index is 582. The highest BCUT2D eigenvalue weighted by molar-refractivity contribution is 5.75. The number of carbonyl (C=O) groups is 1. The van der Waals surface area contributed by atoms with Crippen molar-refractivity contribution in [3.05, 3.63) is 29.8 Å². The zero-order valence-electron chi connectivity index (χ0n) is 15.4. The summed E-state index contributed by atoms with van der Waals surface area (Å²) >= 11 is 0. The van der Waals surface area contributed by atoms with Crippen LogP contribution in [0.5, 0.6) is 5.75 Å². The normalized spacial score (nSPS) is 23.8. The van der Waals surface area contributed by atoms with E-state index in [1.54, 1.807) is 7.11 Å². The Hall–Kier alpha value is -1.79. The van der Waals surface area contributed by atoms with Crippen LogP contribution in [0.2, 0.25) is 0 Å². The number of ether oxygens (including phenoxy) is 2. The molecule has 3 rings (SSSR count). The van der Waals surface area contributed by atoms with Crippen LogP contribution in [-0.4, -0.2) is 62.5 Å². The molecule has 2 atom stereocenters. The van der Waals surface area contributed by atoms with Gasteiger partial charge in [0.1, 0.15) is 5.75 Å². The van der Waals surface area contributed by atoms with E-state index >= 15 is 0 Å². The molecular weight excluding hydrogens is 318 g/mol. The molecule has 1 aromatic carbocycles. The molecule has 1 saturated heterocycles. The van der Waals surface area contributed by atoms with E-state index in [2.05, 4.69) is 41.5 Å². The molecule has 2 amide bonds. The van der Waals surface area contributed by atoms with Crippen LogP contribution in [0.3, 0.4) is 0 Å². The largest absolute Gasteiger partial charge is 0.497 e. The van der Waals surface area contributed by atoms with Gasteiger partial charge < -0.3 is 20.1 Å². The third-order valence-electron chi connectivity index (χ3n) is 5.20. The van der Waals surface area contributed by atoms with Gasteiger partial charge in [-0.1, -0.05) is 12.1 Å². The minimum atomic E-state index is -0.0812. The lowest BCUT2D eigenvalue weighted by Gasteiger charge is -2.40. The van der Waals surface area contributed by atoms with Gasteiger partial charge in [-0.2, -0.15) is 0 Å². The van der Waals surface area contributed by atoms with Crippen molar-refractivity contribution in [2.24, 2.45) is 0 Å². The third kappa shape index (κ3) is 4.64. The first kappa shape index (κ1) is 18.0. The number of amides is 2. The second-order valence-corrected chi connectivity index (χ2v) is 7.46. The SMILES string of the molecule is COc1ccc(C2CC2NC(=O)NCC(C)(C)N2CCOCC2)cc1. The lowest BCUT2D eigenvalue weighted by atomic mass is 10.0. The molecule has 2 unspecified atom stereocenters. The first-order valence-corrected chi connectivity index (χ1v) is 9.01. The second kappa shape index (κ2) is 7.62. The van der Waals surface area contributed by atoms with E-state index in [0.29, 0.717) is 12.5 Å². The van der Waals surface area contributed by atoms with Crippen molar-refractivity contribution in [2.45, 2.75) is 37.8 Å². The maximum Gasteiger partial charge on any atom is 0.315 e. The predicted molar refractivity (Wildman–Crippen MR) is 97.1 cm³/mol. The van der Waals surface area contributed by atoms with Crippen molar-refractivity contribution < 1.29 is 14.3 Å². The number of urea groups is 1. The van der Waals surface area contributed by atoms with Crippen molar-refractivity contribution in [1.29, 1.82) is 0 Å². The van der Waals surface area contributed by atoms with Crippen molar-refractivity contribution in [1.82, 2.24) is 15.5 Å². The maximum atomic E-state index is 12.2. The smallest absolute Gasteiger partial charge is 0.315 e. The van der Waals surface area contributed by atoms with Gasteiger partial charge in [0.2, 0.25) is 0 Å². The van der Waals surface area contributed by atoms with Crippen LogP contribution in [-0.2, 0) is 4.74 Å². The van der Waals surface area contributed by atoms with E-state index < -0.39 is 0 Å². The van der Waals surface area contributed by atoms with Gasteiger partial charge in [0.25, 0.3) is 0 Å². The first-order chi connectivity index (χ1) is 12.0. The average Bonchev–Trinajstić information content (AvgIpc) is 3.40. The summed E-state index contributed by atoms with van der Waals surface area (Å²) in [6, 6.07) is 8.22. The van der Waals surface area contributed by atoms with Crippen molar-refractivity contribution in [3.8, 4) is 5.75 Å². The Morgan fingerprint density at radius 1 is 1.28 bits per heavy atom. The number of morpholine rings is 1. The maximum absolute atomic E-state index is 12.2. The molecular formula is C19H29N3O3. The first-order valence-electron chi connectivity index (χ1n) is 9.01. The summed E-state index contributed by atoms with van der Waals surface area (Å²) < 4.78 is 10.6. The Morgan fingerprint density at radius 3 is 2.60 bits per heavy atom. The summed E-state index contributed by atoms with van der Waals surface area (Å²) in [5.74, 6) is 1.26. The van der Waals surface area contributed by atoms with Gasteiger partial charge in [0.05, 0.1) is 20.3 Å². The van der Waals surface area contributed by atoms with Crippen LogP contribution in [0.4, 0.5) is 4.79 Å². The number of carbonyl (C=O) groups excluding carboxylic acids is 1. The molecule has 2 aliphatic rings. The third-order valence-corrected chi connectivity index (χ3v) is 5.20. The van der Waals surface area contributed by atoms with Crippen LogP contribution in [0.25, 0.3) is 0 Å².